The molecule has 0 spiro atoms. The van der Waals surface area contributed by atoms with Crippen LogP contribution >= 0.6 is 0 Å². The van der Waals surface area contributed by atoms with Crippen LogP contribution in [0.1, 0.15) is 12.0 Å². The molecule has 0 atom stereocenters. The largest absolute Gasteiger partial charge is 0.399 e. The average molecular weight is 278 g/mol. The molecule has 4 N–H and O–H groups in total. The van der Waals surface area contributed by atoms with Gasteiger partial charge >= 0.3 is 0 Å². The van der Waals surface area contributed by atoms with Crippen LogP contribution in [-0.4, -0.2) is 43.9 Å². The fourth-order valence-electron chi connectivity index (χ4n) is 1.74. The molecule has 1 aromatic rings. The number of nitrogens with two attached hydrogens (primary N) is 1. The van der Waals surface area contributed by atoms with Crippen LogP contribution in [0.15, 0.2) is 18.2 Å². The molecular weight excluding hydrogens is 256 g/mol. The van der Waals surface area contributed by atoms with Crippen LogP contribution in [0, 0.1) is 6.92 Å². The number of nitrogens with zero attached hydrogens (tertiary/aromatic N) is 1. The Morgan fingerprint density at radius 3 is 2.60 bits per heavy atom. The number of amides is 2. The Labute approximate surface area is 119 Å². The van der Waals surface area contributed by atoms with Crippen molar-refractivity contribution < 1.29 is 9.59 Å². The molecular formula is C14H22N4O2. The molecule has 0 aliphatic heterocycles. The summed E-state index contributed by atoms with van der Waals surface area (Å²) in [5.74, 6) is -0.149. The predicted octanol–water partition coefficient (Wildman–Crippen LogP) is 0.584. The summed E-state index contributed by atoms with van der Waals surface area (Å²) >= 11 is 0. The molecule has 0 fully saturated rings. The number of anilines is 2. The molecule has 0 heterocycles. The number of benzene rings is 1. The van der Waals surface area contributed by atoms with E-state index in [1.54, 1.807) is 31.1 Å². The highest BCUT2D eigenvalue weighted by molar-refractivity contribution is 5.91. The van der Waals surface area contributed by atoms with Crippen LogP contribution in [0.25, 0.3) is 0 Å². The van der Waals surface area contributed by atoms with Crippen molar-refractivity contribution in [1.82, 2.24) is 10.2 Å². The van der Waals surface area contributed by atoms with Crippen molar-refractivity contribution in [2.45, 2.75) is 13.3 Å². The Balaban J connectivity index is 2.42. The summed E-state index contributed by atoms with van der Waals surface area (Å²) in [6.07, 6.45) is 0.331. The number of carbonyl (C=O) groups is 2. The summed E-state index contributed by atoms with van der Waals surface area (Å²) in [5, 5.41) is 5.38. The van der Waals surface area contributed by atoms with Gasteiger partial charge in [-0.3, -0.25) is 14.5 Å². The van der Waals surface area contributed by atoms with Gasteiger partial charge in [0.1, 0.15) is 0 Å². The van der Waals surface area contributed by atoms with Gasteiger partial charge in [-0.2, -0.15) is 0 Å². The zero-order valence-electron chi connectivity index (χ0n) is 12.2. The lowest BCUT2D eigenvalue weighted by atomic mass is 10.2. The molecule has 110 valence electrons. The number of hydrogen-bond acceptors (Lipinski definition) is 4. The van der Waals surface area contributed by atoms with E-state index in [0.717, 1.165) is 11.3 Å². The number of rotatable bonds is 6. The maximum Gasteiger partial charge on any atom is 0.233 e. The van der Waals surface area contributed by atoms with Crippen LogP contribution in [0.2, 0.25) is 0 Å². The van der Waals surface area contributed by atoms with Crippen molar-refractivity contribution in [2.24, 2.45) is 0 Å². The summed E-state index contributed by atoms with van der Waals surface area (Å²) in [6.45, 7) is 2.70. The van der Waals surface area contributed by atoms with Gasteiger partial charge in [-0.1, -0.05) is 0 Å². The van der Waals surface area contributed by atoms with Gasteiger partial charge in [-0.05, 0) is 37.7 Å². The normalized spacial score (nSPS) is 10.4. The molecule has 1 rings (SSSR count). The van der Waals surface area contributed by atoms with E-state index < -0.39 is 0 Å². The standard InChI is InChI=1S/C14H22N4O2/c1-10-8-11(15)4-5-12(10)17-13(19)6-7-18(3)9-14(20)16-2/h4-5,8H,6-7,9,15H2,1-3H3,(H,16,20)(H,17,19). The van der Waals surface area contributed by atoms with E-state index in [1.165, 1.54) is 0 Å². The van der Waals surface area contributed by atoms with Gasteiger partial charge in [0.2, 0.25) is 11.8 Å². The Kier molecular flexibility index (Phi) is 5.99. The molecule has 0 saturated heterocycles. The fraction of sp³-hybridized carbons (Fsp3) is 0.429. The first-order valence-electron chi connectivity index (χ1n) is 6.47. The van der Waals surface area contributed by atoms with E-state index in [9.17, 15) is 9.59 Å². The number of nitrogens with one attached hydrogen (secondary N) is 2. The van der Waals surface area contributed by atoms with Gasteiger partial charge in [-0.25, -0.2) is 0 Å². The van der Waals surface area contributed by atoms with Crippen molar-refractivity contribution in [3.63, 3.8) is 0 Å². The molecule has 6 nitrogen and oxygen atoms in total. The first-order chi connectivity index (χ1) is 9.42. The van der Waals surface area contributed by atoms with E-state index in [2.05, 4.69) is 10.6 Å². The third kappa shape index (κ3) is 5.27. The van der Waals surface area contributed by atoms with E-state index in [-0.39, 0.29) is 18.4 Å². The van der Waals surface area contributed by atoms with Gasteiger partial charge in [0.05, 0.1) is 6.54 Å². The van der Waals surface area contributed by atoms with Gasteiger partial charge < -0.3 is 16.4 Å². The Bertz CT molecular complexity index is 488. The minimum atomic E-state index is -0.0818. The van der Waals surface area contributed by atoms with Crippen LogP contribution in [0.3, 0.4) is 0 Å². The molecule has 20 heavy (non-hydrogen) atoms. The highest BCUT2D eigenvalue weighted by atomic mass is 16.2. The molecule has 1 aromatic carbocycles. The van der Waals surface area contributed by atoms with Crippen molar-refractivity contribution >= 4 is 23.2 Å². The maximum absolute atomic E-state index is 11.8. The topological polar surface area (TPSA) is 87.5 Å². The number of hydrogen-bond donors (Lipinski definition) is 3. The predicted molar refractivity (Wildman–Crippen MR) is 80.4 cm³/mol. The van der Waals surface area contributed by atoms with Crippen LogP contribution in [-0.2, 0) is 9.59 Å². The number of likely N-dealkylation sites (N-methyl/N-ethyl adjacent to an activating group) is 2. The minimum Gasteiger partial charge on any atom is -0.399 e. The number of aryl methyl sites for hydroxylation is 1. The first-order valence-corrected chi connectivity index (χ1v) is 6.47. The molecule has 0 aromatic heterocycles. The summed E-state index contributed by atoms with van der Waals surface area (Å²) < 4.78 is 0. The second-order valence-corrected chi connectivity index (χ2v) is 4.78. The Morgan fingerprint density at radius 2 is 2.00 bits per heavy atom. The second kappa shape index (κ2) is 7.49. The fourth-order valence-corrected chi connectivity index (χ4v) is 1.74. The lowest BCUT2D eigenvalue weighted by Crippen LogP contribution is -2.34. The third-order valence-electron chi connectivity index (χ3n) is 2.94. The average Bonchev–Trinajstić information content (AvgIpc) is 2.39. The highest BCUT2D eigenvalue weighted by Crippen LogP contribution is 2.17. The summed E-state index contributed by atoms with van der Waals surface area (Å²) in [6, 6.07) is 5.35. The molecule has 0 aliphatic carbocycles. The molecule has 0 saturated carbocycles. The monoisotopic (exact) mass is 278 g/mol. The molecule has 0 bridgehead atoms. The summed E-state index contributed by atoms with van der Waals surface area (Å²) in [5.41, 5.74) is 8.02. The molecule has 0 aliphatic rings. The first kappa shape index (κ1) is 16.0. The third-order valence-corrected chi connectivity index (χ3v) is 2.94. The van der Waals surface area contributed by atoms with Crippen molar-refractivity contribution in [2.75, 3.05) is 38.2 Å². The molecule has 0 radical (unpaired) electrons. The van der Waals surface area contributed by atoms with E-state index in [1.807, 2.05) is 13.0 Å². The summed E-state index contributed by atoms with van der Waals surface area (Å²) in [7, 11) is 3.39. The van der Waals surface area contributed by atoms with Crippen LogP contribution in [0.5, 0.6) is 0 Å². The Morgan fingerprint density at radius 1 is 1.30 bits per heavy atom. The van der Waals surface area contributed by atoms with Crippen molar-refractivity contribution in [1.29, 1.82) is 0 Å². The second-order valence-electron chi connectivity index (χ2n) is 4.78. The van der Waals surface area contributed by atoms with E-state index in [0.29, 0.717) is 18.7 Å². The molecule has 6 heteroatoms. The quantitative estimate of drug-likeness (QED) is 0.664. The zero-order chi connectivity index (χ0) is 15.1. The van der Waals surface area contributed by atoms with Gasteiger partial charge in [0.25, 0.3) is 0 Å². The van der Waals surface area contributed by atoms with Crippen LogP contribution in [0.4, 0.5) is 11.4 Å². The zero-order valence-corrected chi connectivity index (χ0v) is 12.2. The van der Waals surface area contributed by atoms with Crippen molar-refractivity contribution in [3.8, 4) is 0 Å². The Hall–Kier alpha value is -2.08. The van der Waals surface area contributed by atoms with Gasteiger partial charge in [0, 0.05) is 31.4 Å². The minimum absolute atomic E-state index is 0.0673. The van der Waals surface area contributed by atoms with Gasteiger partial charge in [0.15, 0.2) is 0 Å². The van der Waals surface area contributed by atoms with E-state index in [4.69, 9.17) is 5.73 Å². The highest BCUT2D eigenvalue weighted by Gasteiger charge is 2.09. The summed E-state index contributed by atoms with van der Waals surface area (Å²) in [4.78, 5) is 24.8. The number of nitrogen functional groups attached to an aromatic ring is 1. The number of carbonyl (C=O) groups excluding carboxylic acids is 2. The molecule has 2 amide bonds. The van der Waals surface area contributed by atoms with Crippen molar-refractivity contribution in [3.05, 3.63) is 23.8 Å². The smallest absolute Gasteiger partial charge is 0.233 e. The van der Waals surface area contributed by atoms with Gasteiger partial charge in [-0.15, -0.1) is 0 Å². The lowest BCUT2D eigenvalue weighted by Gasteiger charge is -2.15. The molecule has 0 unspecified atom stereocenters. The lowest BCUT2D eigenvalue weighted by molar-refractivity contribution is -0.122. The van der Waals surface area contributed by atoms with E-state index >= 15 is 0 Å². The van der Waals surface area contributed by atoms with Crippen LogP contribution < -0.4 is 16.4 Å². The SMILES string of the molecule is CNC(=O)CN(C)CCC(=O)Nc1ccc(N)cc1C. The maximum atomic E-state index is 11.8.